The van der Waals surface area contributed by atoms with Crippen molar-refractivity contribution < 1.29 is 18.8 Å². The molecule has 0 fully saturated rings. The molecule has 2 aromatic heterocycles. The van der Waals surface area contributed by atoms with Crippen molar-refractivity contribution in [2.45, 2.75) is 59.7 Å². The Kier molecular flexibility index (Phi) is 8.76. The Morgan fingerprint density at radius 2 is 1.94 bits per heavy atom. The van der Waals surface area contributed by atoms with Crippen molar-refractivity contribution in [3.05, 3.63) is 79.5 Å². The van der Waals surface area contributed by atoms with Crippen molar-refractivity contribution in [3.8, 4) is 5.75 Å². The molecule has 1 aromatic carbocycles. The van der Waals surface area contributed by atoms with Gasteiger partial charge in [0.05, 0.1) is 18.7 Å². The summed E-state index contributed by atoms with van der Waals surface area (Å²) in [6, 6.07) is 6.66. The third-order valence-electron chi connectivity index (χ3n) is 5.83. The minimum absolute atomic E-state index is 0.0916. The van der Waals surface area contributed by atoms with Crippen LogP contribution in [-0.2, 0) is 29.1 Å². The van der Waals surface area contributed by atoms with Crippen LogP contribution in [0.5, 0.6) is 5.75 Å². The Hall–Kier alpha value is -3.79. The van der Waals surface area contributed by atoms with Crippen LogP contribution in [0, 0.1) is 20.8 Å². The number of ether oxygens (including phenoxy) is 1. The first-order chi connectivity index (χ1) is 17.1. The molecular weight excluding hydrogens is 486 g/mol. The predicted octanol–water partition coefficient (Wildman–Crippen LogP) is 2.66. The van der Waals surface area contributed by atoms with E-state index >= 15 is 0 Å². The van der Waals surface area contributed by atoms with E-state index in [0.29, 0.717) is 46.2 Å². The Morgan fingerprint density at radius 1 is 1.19 bits per heavy atom. The highest BCUT2D eigenvalue weighted by atomic mass is 35.5. The molecule has 2 amide bonds. The number of pyridine rings is 1. The molecule has 0 bridgehead atoms. The van der Waals surface area contributed by atoms with Gasteiger partial charge in [0.25, 0.3) is 11.5 Å². The minimum Gasteiger partial charge on any atom is -0.480 e. The number of hydrogen-bond acceptors (Lipinski definition) is 7. The average Bonchev–Trinajstić information content (AvgIpc) is 3.16. The highest BCUT2D eigenvalue weighted by Gasteiger charge is 2.18. The number of rotatable bonds is 11. The first kappa shape index (κ1) is 26.8. The summed E-state index contributed by atoms with van der Waals surface area (Å²) in [5, 5.41) is 7.16. The molecule has 2 heterocycles. The van der Waals surface area contributed by atoms with Gasteiger partial charge in [-0.05, 0) is 57.0 Å². The molecule has 0 aliphatic carbocycles. The second-order valence-corrected chi connectivity index (χ2v) is 8.85. The smallest absolute Gasteiger partial charge is 0.272 e. The van der Waals surface area contributed by atoms with E-state index in [4.69, 9.17) is 26.6 Å². The van der Waals surface area contributed by atoms with Crippen LogP contribution in [0.2, 0.25) is 5.02 Å². The molecule has 36 heavy (non-hydrogen) atoms. The Morgan fingerprint density at radius 3 is 2.58 bits per heavy atom. The van der Waals surface area contributed by atoms with E-state index in [-0.39, 0.29) is 24.4 Å². The molecule has 3 aromatic rings. The third kappa shape index (κ3) is 6.45. The molecule has 0 radical (unpaired) electrons. The zero-order chi connectivity index (χ0) is 26.4. The van der Waals surface area contributed by atoms with E-state index in [2.05, 4.69) is 15.9 Å². The number of hydrogen-bond donors (Lipinski definition) is 3. The molecule has 0 aliphatic heterocycles. The predicted molar refractivity (Wildman–Crippen MR) is 135 cm³/mol. The summed E-state index contributed by atoms with van der Waals surface area (Å²) in [5.74, 6) is 0.130. The number of aromatic nitrogens is 2. The number of halogens is 1. The van der Waals surface area contributed by atoms with Crippen LogP contribution in [-0.4, -0.2) is 27.8 Å². The van der Waals surface area contributed by atoms with Gasteiger partial charge in [-0.2, -0.15) is 0 Å². The van der Waals surface area contributed by atoms with E-state index in [1.807, 2.05) is 6.92 Å². The minimum atomic E-state index is -0.802. The van der Waals surface area contributed by atoms with Crippen molar-refractivity contribution in [2.24, 2.45) is 5.73 Å². The van der Waals surface area contributed by atoms with Crippen LogP contribution in [0.25, 0.3) is 0 Å². The SMILES string of the molecule is CCC(Oc1ccc(Cl)cc1CNC(=O)Cc1c(C)ccn(NCc2c(C)noc2C)c1=O)C(N)=O. The van der Waals surface area contributed by atoms with Gasteiger partial charge in [0.2, 0.25) is 5.91 Å². The zero-order valence-electron chi connectivity index (χ0n) is 20.7. The van der Waals surface area contributed by atoms with E-state index in [1.54, 1.807) is 51.2 Å². The van der Waals surface area contributed by atoms with Gasteiger partial charge >= 0.3 is 0 Å². The van der Waals surface area contributed by atoms with Gasteiger partial charge in [-0.3, -0.25) is 14.4 Å². The Labute approximate surface area is 213 Å². The number of primary amides is 1. The third-order valence-corrected chi connectivity index (χ3v) is 6.06. The molecule has 1 atom stereocenters. The van der Waals surface area contributed by atoms with Crippen molar-refractivity contribution in [1.29, 1.82) is 0 Å². The Balaban J connectivity index is 1.70. The molecule has 3 rings (SSSR count). The van der Waals surface area contributed by atoms with Crippen LogP contribution >= 0.6 is 11.6 Å². The van der Waals surface area contributed by atoms with E-state index in [1.165, 1.54) is 4.68 Å². The lowest BCUT2D eigenvalue weighted by molar-refractivity contribution is -0.125. The van der Waals surface area contributed by atoms with E-state index in [0.717, 1.165) is 11.3 Å². The van der Waals surface area contributed by atoms with Gasteiger partial charge in [-0.25, -0.2) is 4.68 Å². The van der Waals surface area contributed by atoms with E-state index < -0.39 is 12.0 Å². The fourth-order valence-corrected chi connectivity index (χ4v) is 3.84. The number of nitrogens with zero attached hydrogens (tertiary/aromatic N) is 2. The number of benzene rings is 1. The molecule has 0 saturated carbocycles. The van der Waals surface area contributed by atoms with Gasteiger partial charge in [-0.1, -0.05) is 23.7 Å². The first-order valence-corrected chi connectivity index (χ1v) is 11.9. The van der Waals surface area contributed by atoms with Crippen molar-refractivity contribution in [3.63, 3.8) is 0 Å². The maximum absolute atomic E-state index is 13.0. The highest BCUT2D eigenvalue weighted by molar-refractivity contribution is 6.30. The second kappa shape index (κ2) is 11.8. The van der Waals surface area contributed by atoms with Gasteiger partial charge < -0.3 is 25.7 Å². The summed E-state index contributed by atoms with van der Waals surface area (Å²) in [6.07, 6.45) is 1.10. The summed E-state index contributed by atoms with van der Waals surface area (Å²) in [7, 11) is 0. The molecule has 0 spiro atoms. The number of aryl methyl sites for hydroxylation is 3. The molecular formula is C25H30ClN5O5. The maximum atomic E-state index is 13.0. The molecule has 1 unspecified atom stereocenters. The van der Waals surface area contributed by atoms with Crippen LogP contribution in [0.3, 0.4) is 0 Å². The largest absolute Gasteiger partial charge is 0.480 e. The lowest BCUT2D eigenvalue weighted by Gasteiger charge is -2.18. The van der Waals surface area contributed by atoms with Gasteiger partial charge in [0.1, 0.15) is 11.5 Å². The number of carbonyl (C=O) groups excluding carboxylic acids is 2. The zero-order valence-corrected chi connectivity index (χ0v) is 21.4. The fourth-order valence-electron chi connectivity index (χ4n) is 3.64. The highest BCUT2D eigenvalue weighted by Crippen LogP contribution is 2.24. The average molecular weight is 516 g/mol. The van der Waals surface area contributed by atoms with Crippen molar-refractivity contribution >= 4 is 23.4 Å². The number of carbonyl (C=O) groups is 2. The Bertz CT molecular complexity index is 1300. The van der Waals surface area contributed by atoms with E-state index in [9.17, 15) is 14.4 Å². The van der Waals surface area contributed by atoms with Gasteiger partial charge in [0, 0.05) is 34.5 Å². The van der Waals surface area contributed by atoms with Crippen molar-refractivity contribution in [2.75, 3.05) is 5.43 Å². The van der Waals surface area contributed by atoms with Crippen LogP contribution in [0.4, 0.5) is 0 Å². The standard InChI is InChI=1S/C25H30ClN5O5/c1-5-21(24(27)33)35-22-7-6-18(26)10-17(22)12-28-23(32)11-19-14(2)8-9-31(25(19)34)29-13-20-15(3)30-36-16(20)4/h6-10,21,29H,5,11-13H2,1-4H3,(H2,27,33)(H,28,32). The number of nitrogens with two attached hydrogens (primary N) is 1. The van der Waals surface area contributed by atoms with Crippen LogP contribution in [0.15, 0.2) is 39.8 Å². The monoisotopic (exact) mass is 515 g/mol. The molecule has 0 aliphatic rings. The summed E-state index contributed by atoms with van der Waals surface area (Å²) >= 11 is 6.12. The first-order valence-electron chi connectivity index (χ1n) is 11.5. The quantitative estimate of drug-likeness (QED) is 0.356. The van der Waals surface area contributed by atoms with Gasteiger partial charge in [0.15, 0.2) is 6.10 Å². The summed E-state index contributed by atoms with van der Waals surface area (Å²) < 4.78 is 12.2. The van der Waals surface area contributed by atoms with Crippen LogP contribution < -0.4 is 26.8 Å². The van der Waals surface area contributed by atoms with Crippen LogP contribution in [0.1, 0.15) is 47.1 Å². The normalized spacial score (nSPS) is 11.7. The topological polar surface area (TPSA) is 141 Å². The number of nitrogens with one attached hydrogen (secondary N) is 2. The molecule has 192 valence electrons. The molecule has 4 N–H and O–H groups in total. The lowest BCUT2D eigenvalue weighted by Crippen LogP contribution is -2.35. The summed E-state index contributed by atoms with van der Waals surface area (Å²) in [4.78, 5) is 37.4. The summed E-state index contributed by atoms with van der Waals surface area (Å²) in [5.41, 5.74) is 11.4. The molecule has 0 saturated heterocycles. The molecule has 10 nitrogen and oxygen atoms in total. The van der Waals surface area contributed by atoms with Gasteiger partial charge in [-0.15, -0.1) is 0 Å². The molecule has 11 heteroatoms. The summed E-state index contributed by atoms with van der Waals surface area (Å²) in [6.45, 7) is 7.63. The second-order valence-electron chi connectivity index (χ2n) is 8.41. The van der Waals surface area contributed by atoms with Crippen molar-refractivity contribution in [1.82, 2.24) is 15.1 Å². The lowest BCUT2D eigenvalue weighted by atomic mass is 10.1. The fraction of sp³-hybridized carbons (Fsp3) is 0.360. The maximum Gasteiger partial charge on any atom is 0.272 e. The number of amides is 2.